The van der Waals surface area contributed by atoms with E-state index >= 15 is 0 Å². The Hall–Kier alpha value is -1.89. The normalized spacial score (nSPS) is 15.6. The van der Waals surface area contributed by atoms with Gasteiger partial charge in [0, 0.05) is 13.0 Å². The molecule has 0 aromatic carbocycles. The number of unbranched alkanes of at least 4 members (excludes halogenated alkanes) is 5. The van der Waals surface area contributed by atoms with Crippen molar-refractivity contribution in [2.24, 2.45) is 0 Å². The van der Waals surface area contributed by atoms with Gasteiger partial charge < -0.3 is 19.7 Å². The Morgan fingerprint density at radius 3 is 2.07 bits per heavy atom. The van der Waals surface area contributed by atoms with E-state index in [1.54, 1.807) is 0 Å². The summed E-state index contributed by atoms with van der Waals surface area (Å²) in [7, 11) is 0. The van der Waals surface area contributed by atoms with Gasteiger partial charge in [-0.1, -0.05) is 45.4 Å². The first-order valence-corrected chi connectivity index (χ1v) is 10.9. The van der Waals surface area contributed by atoms with Crippen LogP contribution in [0.2, 0.25) is 0 Å². The van der Waals surface area contributed by atoms with Gasteiger partial charge in [-0.2, -0.15) is 0 Å². The maximum absolute atomic E-state index is 12.1. The molecule has 0 aromatic rings. The highest BCUT2D eigenvalue weighted by atomic mass is 16.5. The van der Waals surface area contributed by atoms with Gasteiger partial charge in [-0.15, -0.1) is 0 Å². The summed E-state index contributed by atoms with van der Waals surface area (Å²) in [5, 5.41) is 18.8. The molecule has 0 spiro atoms. The molecule has 1 fully saturated rings. The van der Waals surface area contributed by atoms with Crippen molar-refractivity contribution in [2.75, 3.05) is 13.2 Å². The van der Waals surface area contributed by atoms with Crippen molar-refractivity contribution in [3.05, 3.63) is 11.1 Å². The summed E-state index contributed by atoms with van der Waals surface area (Å²) in [6.45, 7) is 2.80. The summed E-state index contributed by atoms with van der Waals surface area (Å²) in [5.74, 6) is -3.42. The van der Waals surface area contributed by atoms with Crippen LogP contribution >= 0.6 is 0 Å². The smallest absolute Gasteiger partial charge is 0.332 e. The van der Waals surface area contributed by atoms with Crippen LogP contribution in [-0.2, 0) is 23.9 Å². The molecule has 0 bridgehead atoms. The molecule has 0 aliphatic heterocycles. The largest absolute Gasteiger partial charge is 0.478 e. The molecule has 0 amide bonds. The number of rotatable bonds is 15. The molecule has 1 aliphatic rings. The van der Waals surface area contributed by atoms with Gasteiger partial charge in [-0.05, 0) is 32.1 Å². The molecule has 0 saturated heterocycles. The van der Waals surface area contributed by atoms with E-state index in [9.17, 15) is 24.6 Å². The zero-order valence-electron chi connectivity index (χ0n) is 17.6. The van der Waals surface area contributed by atoms with E-state index in [1.807, 2.05) is 0 Å². The summed E-state index contributed by atoms with van der Waals surface area (Å²) >= 11 is 0. The Morgan fingerprint density at radius 1 is 0.828 bits per heavy atom. The molecule has 0 atom stereocenters. The molecule has 0 heterocycles. The van der Waals surface area contributed by atoms with Gasteiger partial charge in [-0.25, -0.2) is 9.59 Å². The Kier molecular flexibility index (Phi) is 13.0. The Morgan fingerprint density at radius 2 is 1.45 bits per heavy atom. The van der Waals surface area contributed by atoms with E-state index in [2.05, 4.69) is 6.92 Å². The van der Waals surface area contributed by atoms with E-state index in [0.717, 1.165) is 51.4 Å². The first-order chi connectivity index (χ1) is 14.0. The van der Waals surface area contributed by atoms with Gasteiger partial charge in [0.15, 0.2) is 0 Å². The number of esters is 1. The zero-order valence-corrected chi connectivity index (χ0v) is 17.6. The van der Waals surface area contributed by atoms with Crippen LogP contribution in [0.15, 0.2) is 11.1 Å². The molecule has 29 heavy (non-hydrogen) atoms. The highest BCUT2D eigenvalue weighted by Gasteiger charge is 2.25. The number of ether oxygens (including phenoxy) is 2. The molecule has 1 saturated carbocycles. The molecule has 0 unspecified atom stereocenters. The number of aliphatic carboxylic acids is 2. The van der Waals surface area contributed by atoms with E-state index in [4.69, 9.17) is 9.47 Å². The van der Waals surface area contributed by atoms with Gasteiger partial charge >= 0.3 is 17.9 Å². The number of carbonyl (C=O) groups excluding carboxylic acids is 1. The molecule has 1 rings (SSSR count). The summed E-state index contributed by atoms with van der Waals surface area (Å²) < 4.78 is 10.8. The minimum atomic E-state index is -1.40. The fourth-order valence-corrected chi connectivity index (χ4v) is 3.51. The number of carboxylic acids is 2. The average molecular weight is 413 g/mol. The fraction of sp³-hybridized carbons (Fsp3) is 0.773. The van der Waals surface area contributed by atoms with Crippen LogP contribution in [0.25, 0.3) is 0 Å². The number of carboxylic acid groups (broad SMARTS) is 2. The summed E-state index contributed by atoms with van der Waals surface area (Å²) in [6.07, 6.45) is 10.6. The Bertz CT molecular complexity index is 547. The van der Waals surface area contributed by atoms with Gasteiger partial charge in [-0.3, -0.25) is 4.79 Å². The molecule has 1 aliphatic carbocycles. The highest BCUT2D eigenvalue weighted by Crippen LogP contribution is 2.22. The molecule has 7 heteroatoms. The van der Waals surface area contributed by atoms with Crippen LogP contribution in [0, 0.1) is 0 Å². The van der Waals surface area contributed by atoms with Crippen LogP contribution in [0.4, 0.5) is 0 Å². The summed E-state index contributed by atoms with van der Waals surface area (Å²) in [4.78, 5) is 35.3. The first-order valence-electron chi connectivity index (χ1n) is 10.9. The fourth-order valence-electron chi connectivity index (χ4n) is 3.51. The molecular weight excluding hydrogens is 376 g/mol. The van der Waals surface area contributed by atoms with Crippen molar-refractivity contribution in [2.45, 2.75) is 96.5 Å². The van der Waals surface area contributed by atoms with Crippen LogP contribution in [0.5, 0.6) is 0 Å². The molecule has 166 valence electrons. The lowest BCUT2D eigenvalue weighted by atomic mass is 9.97. The van der Waals surface area contributed by atoms with Gasteiger partial charge in [0.25, 0.3) is 0 Å². The standard InChI is InChI=1S/C22H36O7/c1-2-3-4-5-6-10-14-28-15-13-18(21(24)25)19(22(26)27)16-20(23)29-17-11-8-7-9-12-17/h17H,2-16H2,1H3,(H,24,25)(H,26,27)/b19-18+. The van der Waals surface area contributed by atoms with Crippen molar-refractivity contribution in [1.82, 2.24) is 0 Å². The summed E-state index contributed by atoms with van der Waals surface area (Å²) in [6, 6.07) is 0. The van der Waals surface area contributed by atoms with Crippen molar-refractivity contribution >= 4 is 17.9 Å². The number of hydrogen-bond acceptors (Lipinski definition) is 5. The number of hydrogen-bond donors (Lipinski definition) is 2. The topological polar surface area (TPSA) is 110 Å². The van der Waals surface area contributed by atoms with E-state index < -0.39 is 29.9 Å². The molecular formula is C22H36O7. The average Bonchev–Trinajstić information content (AvgIpc) is 2.68. The van der Waals surface area contributed by atoms with Crippen molar-refractivity contribution in [3.8, 4) is 0 Å². The highest BCUT2D eigenvalue weighted by molar-refractivity contribution is 6.01. The Labute approximate surface area is 173 Å². The number of carbonyl (C=O) groups is 3. The van der Waals surface area contributed by atoms with Crippen molar-refractivity contribution in [1.29, 1.82) is 0 Å². The first kappa shape index (κ1) is 25.1. The third-order valence-electron chi connectivity index (χ3n) is 5.19. The zero-order chi connectivity index (χ0) is 21.5. The SMILES string of the molecule is CCCCCCCCOCC/C(C(=O)O)=C(/CC(=O)OC1CCCCC1)C(=O)O. The predicted octanol–water partition coefficient (Wildman–Crippen LogP) is 4.49. The van der Waals surface area contributed by atoms with E-state index in [-0.39, 0.29) is 24.7 Å². The maximum atomic E-state index is 12.1. The second-order valence-corrected chi connectivity index (χ2v) is 7.62. The van der Waals surface area contributed by atoms with Crippen LogP contribution in [0.3, 0.4) is 0 Å². The monoisotopic (exact) mass is 412 g/mol. The van der Waals surface area contributed by atoms with Crippen molar-refractivity contribution < 1.29 is 34.1 Å². The predicted molar refractivity (Wildman–Crippen MR) is 109 cm³/mol. The molecule has 2 N–H and O–H groups in total. The third-order valence-corrected chi connectivity index (χ3v) is 5.19. The summed E-state index contributed by atoms with van der Waals surface area (Å²) in [5.41, 5.74) is -0.706. The molecule has 0 radical (unpaired) electrons. The minimum absolute atomic E-state index is 0.0521. The quantitative estimate of drug-likeness (QED) is 0.232. The van der Waals surface area contributed by atoms with E-state index in [0.29, 0.717) is 6.61 Å². The second kappa shape index (κ2) is 15.0. The lowest BCUT2D eigenvalue weighted by Gasteiger charge is -2.22. The third kappa shape index (κ3) is 11.0. The van der Waals surface area contributed by atoms with Gasteiger partial charge in [0.1, 0.15) is 6.10 Å². The minimum Gasteiger partial charge on any atom is -0.478 e. The van der Waals surface area contributed by atoms with Crippen LogP contribution in [-0.4, -0.2) is 47.4 Å². The lowest BCUT2D eigenvalue weighted by Crippen LogP contribution is -2.23. The van der Waals surface area contributed by atoms with Gasteiger partial charge in [0.05, 0.1) is 24.2 Å². The van der Waals surface area contributed by atoms with Crippen LogP contribution < -0.4 is 0 Å². The lowest BCUT2D eigenvalue weighted by molar-refractivity contribution is -0.151. The van der Waals surface area contributed by atoms with E-state index in [1.165, 1.54) is 19.3 Å². The molecule has 7 nitrogen and oxygen atoms in total. The van der Waals surface area contributed by atoms with Crippen molar-refractivity contribution in [3.63, 3.8) is 0 Å². The maximum Gasteiger partial charge on any atom is 0.332 e. The van der Waals surface area contributed by atoms with Crippen LogP contribution in [0.1, 0.15) is 90.4 Å². The molecule has 0 aromatic heterocycles. The Balaban J connectivity index is 2.49. The second-order valence-electron chi connectivity index (χ2n) is 7.62. The van der Waals surface area contributed by atoms with Gasteiger partial charge in [0.2, 0.25) is 0 Å².